The van der Waals surface area contributed by atoms with Crippen LogP contribution in [-0.4, -0.2) is 9.97 Å². The van der Waals surface area contributed by atoms with E-state index in [9.17, 15) is 4.57 Å². The van der Waals surface area contributed by atoms with Gasteiger partial charge in [0, 0.05) is 17.4 Å². The number of hydrogen-bond donors (Lipinski definition) is 0. The van der Waals surface area contributed by atoms with Gasteiger partial charge in [-0.3, -0.25) is 4.57 Å². The normalized spacial score (nSPS) is 10.1. The van der Waals surface area contributed by atoms with Gasteiger partial charge in [0.1, 0.15) is 17.2 Å². The number of rotatable bonds is 7. The molecule has 0 unspecified atom stereocenters. The fraction of sp³-hybridized carbons (Fsp3) is 0.281. The zero-order chi connectivity index (χ0) is 27.8. The first kappa shape index (κ1) is 30.8. The molecule has 0 spiro atoms. The van der Waals surface area contributed by atoms with Crippen LogP contribution in [0.4, 0.5) is 0 Å². The summed E-state index contributed by atoms with van der Waals surface area (Å²) in [5.41, 5.74) is 6.96. The van der Waals surface area contributed by atoms with Gasteiger partial charge in [-0.25, -0.2) is 9.97 Å². The van der Waals surface area contributed by atoms with Crippen molar-refractivity contribution in [2.75, 3.05) is 0 Å². The van der Waals surface area contributed by atoms with Crippen LogP contribution in [0.2, 0.25) is 5.02 Å². The predicted octanol–water partition coefficient (Wildman–Crippen LogP) is 8.15. The third-order valence-electron chi connectivity index (χ3n) is 5.29. The Hall–Kier alpha value is -3.38. The molecule has 0 bridgehead atoms. The summed E-state index contributed by atoms with van der Waals surface area (Å²) in [5, 5.41) is 9.67. The van der Waals surface area contributed by atoms with E-state index in [1.165, 1.54) is 16.7 Å². The number of benzene rings is 2. The minimum Gasteiger partial charge on any atom is -0.268 e. The SMILES string of the molecule is CC(C)C.Cc1cccc(CCc2cccnc2P=O)c1.N#Cc1ncccc1CCc1cccc(Cl)c1. The average Bonchev–Trinajstić information content (AvgIpc) is 2.91. The smallest absolute Gasteiger partial charge is 0.212 e. The lowest BCUT2D eigenvalue weighted by Crippen LogP contribution is -2.07. The number of nitrogens with zero attached hydrogens (tertiary/aromatic N) is 3. The van der Waals surface area contributed by atoms with E-state index in [-0.39, 0.29) is 8.46 Å². The number of aryl methyl sites for hydroxylation is 5. The summed E-state index contributed by atoms with van der Waals surface area (Å²) in [6, 6.07) is 26.0. The molecule has 0 radical (unpaired) electrons. The summed E-state index contributed by atoms with van der Waals surface area (Å²) >= 11 is 5.92. The maximum atomic E-state index is 10.9. The van der Waals surface area contributed by atoms with Gasteiger partial charge >= 0.3 is 0 Å². The summed E-state index contributed by atoms with van der Waals surface area (Å²) in [5.74, 6) is 0.833. The second-order valence-electron chi connectivity index (χ2n) is 9.55. The molecule has 0 amide bonds. The van der Waals surface area contributed by atoms with E-state index < -0.39 is 0 Å². The molecule has 196 valence electrons. The van der Waals surface area contributed by atoms with Crippen LogP contribution in [0.1, 0.15) is 54.3 Å². The quantitative estimate of drug-likeness (QED) is 0.221. The van der Waals surface area contributed by atoms with Crippen LogP contribution in [0.3, 0.4) is 0 Å². The highest BCUT2D eigenvalue weighted by molar-refractivity contribution is 7.33. The summed E-state index contributed by atoms with van der Waals surface area (Å²) in [4.78, 5) is 8.14. The van der Waals surface area contributed by atoms with Gasteiger partial charge in [-0.15, -0.1) is 0 Å². The Morgan fingerprint density at radius 3 is 2.00 bits per heavy atom. The summed E-state index contributed by atoms with van der Waals surface area (Å²) in [7, 11) is 0.00277. The van der Waals surface area contributed by atoms with E-state index in [4.69, 9.17) is 16.9 Å². The molecule has 0 atom stereocenters. The van der Waals surface area contributed by atoms with Gasteiger partial charge in [-0.05, 0) is 85.0 Å². The predicted molar refractivity (Wildman–Crippen MR) is 158 cm³/mol. The zero-order valence-corrected chi connectivity index (χ0v) is 24.2. The highest BCUT2D eigenvalue weighted by Crippen LogP contribution is 2.14. The zero-order valence-electron chi connectivity index (χ0n) is 22.6. The van der Waals surface area contributed by atoms with Gasteiger partial charge in [0.05, 0.1) is 0 Å². The van der Waals surface area contributed by atoms with E-state index >= 15 is 0 Å². The van der Waals surface area contributed by atoms with E-state index in [1.807, 2.05) is 48.5 Å². The first-order chi connectivity index (χ1) is 18.3. The number of hydrogen-bond acceptors (Lipinski definition) is 4. The Kier molecular flexibility index (Phi) is 14.0. The van der Waals surface area contributed by atoms with Gasteiger partial charge in [0.25, 0.3) is 0 Å². The fourth-order valence-corrected chi connectivity index (χ4v) is 4.20. The second kappa shape index (κ2) is 17.2. The Morgan fingerprint density at radius 1 is 0.816 bits per heavy atom. The van der Waals surface area contributed by atoms with Crippen LogP contribution in [-0.2, 0) is 30.2 Å². The number of halogens is 1. The molecule has 4 aromatic rings. The molecule has 4 rings (SSSR count). The standard InChI is InChI=1S/C14H11ClN2.C14H14NOP.C4H10/c15-13-5-1-3-11(9-13)6-7-12-4-2-8-17-14(12)10-16;1-11-4-2-5-12(10-11)7-8-13-6-3-9-15-14(13)17-16;1-4(2)3/h1-5,8-9H,6-7H2;2-6,9-10H,7-8H2,1H3;4H,1-3H3. The molecular weight excluding hydrogens is 509 g/mol. The summed E-state index contributed by atoms with van der Waals surface area (Å²) in [6.07, 6.45) is 6.81. The minimum absolute atomic E-state index is 0.00277. The van der Waals surface area contributed by atoms with Gasteiger partial charge in [-0.1, -0.05) is 86.5 Å². The summed E-state index contributed by atoms with van der Waals surface area (Å²) in [6.45, 7) is 8.59. The maximum Gasteiger partial charge on any atom is 0.212 e. The van der Waals surface area contributed by atoms with Crippen molar-refractivity contribution in [3.63, 3.8) is 0 Å². The highest BCUT2D eigenvalue weighted by Gasteiger charge is 2.04. The lowest BCUT2D eigenvalue weighted by atomic mass is 10.0. The van der Waals surface area contributed by atoms with Crippen LogP contribution in [0.5, 0.6) is 0 Å². The number of aromatic nitrogens is 2. The molecule has 2 aromatic carbocycles. The van der Waals surface area contributed by atoms with Gasteiger partial charge in [-0.2, -0.15) is 5.26 Å². The van der Waals surface area contributed by atoms with E-state index in [0.29, 0.717) is 11.1 Å². The molecule has 38 heavy (non-hydrogen) atoms. The molecule has 2 aromatic heterocycles. The Balaban J connectivity index is 0.000000234. The molecule has 6 heteroatoms. The molecular formula is C32H35ClN3OP. The first-order valence-electron chi connectivity index (χ1n) is 12.7. The van der Waals surface area contributed by atoms with Gasteiger partial charge < -0.3 is 0 Å². The number of nitriles is 1. The van der Waals surface area contributed by atoms with E-state index in [0.717, 1.165) is 47.8 Å². The van der Waals surface area contributed by atoms with Crippen LogP contribution in [0.15, 0.2) is 85.2 Å². The summed E-state index contributed by atoms with van der Waals surface area (Å²) < 4.78 is 10.9. The van der Waals surface area contributed by atoms with E-state index in [2.05, 4.69) is 68.0 Å². The van der Waals surface area contributed by atoms with Crippen molar-refractivity contribution in [2.45, 2.75) is 53.4 Å². The maximum absolute atomic E-state index is 10.9. The molecule has 0 saturated carbocycles. The Labute approximate surface area is 234 Å². The van der Waals surface area contributed by atoms with Crippen LogP contribution in [0.25, 0.3) is 0 Å². The van der Waals surface area contributed by atoms with Crippen molar-refractivity contribution in [1.29, 1.82) is 5.26 Å². The molecule has 0 saturated heterocycles. The number of pyridine rings is 2. The third-order valence-corrected chi connectivity index (χ3v) is 6.10. The Morgan fingerprint density at radius 2 is 1.39 bits per heavy atom. The molecule has 2 heterocycles. The van der Waals surface area contributed by atoms with Crippen LogP contribution < -0.4 is 5.44 Å². The molecule has 0 fully saturated rings. The van der Waals surface area contributed by atoms with Crippen LogP contribution >= 0.6 is 20.1 Å². The van der Waals surface area contributed by atoms with Crippen molar-refractivity contribution >= 4 is 25.5 Å². The van der Waals surface area contributed by atoms with Gasteiger partial charge in [0.15, 0.2) is 0 Å². The molecule has 0 N–H and O–H groups in total. The lowest BCUT2D eigenvalue weighted by Gasteiger charge is -2.04. The lowest BCUT2D eigenvalue weighted by molar-refractivity contribution is 0.602. The minimum atomic E-state index is 0.00277. The monoisotopic (exact) mass is 543 g/mol. The van der Waals surface area contributed by atoms with Crippen molar-refractivity contribution in [3.8, 4) is 6.07 Å². The van der Waals surface area contributed by atoms with Crippen molar-refractivity contribution in [1.82, 2.24) is 9.97 Å². The first-order valence-corrected chi connectivity index (χ1v) is 13.9. The molecule has 0 aliphatic carbocycles. The Bertz CT molecular complexity index is 1330. The van der Waals surface area contributed by atoms with Crippen molar-refractivity contribution < 1.29 is 4.57 Å². The van der Waals surface area contributed by atoms with Gasteiger partial charge in [0.2, 0.25) is 8.46 Å². The average molecular weight is 544 g/mol. The molecule has 0 aliphatic heterocycles. The third kappa shape index (κ3) is 11.8. The van der Waals surface area contributed by atoms with Crippen molar-refractivity contribution in [2.24, 2.45) is 5.92 Å². The molecule has 4 nitrogen and oxygen atoms in total. The molecule has 0 aliphatic rings. The largest absolute Gasteiger partial charge is 0.268 e. The van der Waals surface area contributed by atoms with E-state index in [1.54, 1.807) is 12.4 Å². The topological polar surface area (TPSA) is 66.6 Å². The second-order valence-corrected chi connectivity index (χ2v) is 10.6. The fourth-order valence-electron chi connectivity index (χ4n) is 3.57. The van der Waals surface area contributed by atoms with Crippen molar-refractivity contribution in [3.05, 3.63) is 124 Å². The van der Waals surface area contributed by atoms with Crippen LogP contribution in [0, 0.1) is 24.2 Å². The highest BCUT2D eigenvalue weighted by atomic mass is 35.5.